The largest absolute Gasteiger partial charge is 0.480 e. The van der Waals surface area contributed by atoms with E-state index in [1.165, 1.54) is 6.92 Å². The van der Waals surface area contributed by atoms with E-state index in [2.05, 4.69) is 21.2 Å². The lowest BCUT2D eigenvalue weighted by atomic mass is 10.2. The number of halogens is 1. The second-order valence-corrected chi connectivity index (χ2v) is 7.27. The third-order valence-corrected chi connectivity index (χ3v) is 4.34. The zero-order valence-corrected chi connectivity index (χ0v) is 13.1. The zero-order chi connectivity index (χ0) is 15.3. The number of carbonyl (C=O) groups is 2. The molecule has 0 spiro atoms. The lowest BCUT2D eigenvalue weighted by Gasteiger charge is -2.09. The predicted octanol–water partition coefficient (Wildman–Crippen LogP) is 0.953. The summed E-state index contributed by atoms with van der Waals surface area (Å²) in [5.74, 6) is -3.06. The summed E-state index contributed by atoms with van der Waals surface area (Å²) in [6.07, 6.45) is 0. The number of hydrogen-bond donors (Lipinski definition) is 2. The highest BCUT2D eigenvalue weighted by atomic mass is 79.9. The molecule has 1 unspecified atom stereocenters. The van der Waals surface area contributed by atoms with Gasteiger partial charge in [0.2, 0.25) is 5.91 Å². The van der Waals surface area contributed by atoms with Gasteiger partial charge in [-0.25, -0.2) is 8.42 Å². The van der Waals surface area contributed by atoms with Gasteiger partial charge in [-0.2, -0.15) is 0 Å². The van der Waals surface area contributed by atoms with Crippen molar-refractivity contribution in [2.45, 2.75) is 18.7 Å². The fraction of sp³-hybridized carbons (Fsp3) is 0.333. The van der Waals surface area contributed by atoms with Gasteiger partial charge in [-0.05, 0) is 24.6 Å². The molecule has 1 atom stereocenters. The average Bonchev–Trinajstić information content (AvgIpc) is 2.26. The van der Waals surface area contributed by atoms with Gasteiger partial charge >= 0.3 is 5.97 Å². The normalized spacial score (nSPS) is 12.7. The van der Waals surface area contributed by atoms with Crippen LogP contribution >= 0.6 is 15.9 Å². The summed E-state index contributed by atoms with van der Waals surface area (Å²) >= 11 is 3.23. The first-order valence-corrected chi connectivity index (χ1v) is 8.28. The average molecular weight is 364 g/mol. The third-order valence-electron chi connectivity index (χ3n) is 2.37. The van der Waals surface area contributed by atoms with Gasteiger partial charge in [0.25, 0.3) is 0 Å². The van der Waals surface area contributed by atoms with Gasteiger partial charge in [-0.3, -0.25) is 9.59 Å². The Morgan fingerprint density at radius 1 is 1.40 bits per heavy atom. The van der Waals surface area contributed by atoms with E-state index in [1.807, 2.05) is 0 Å². The molecule has 8 heteroatoms. The van der Waals surface area contributed by atoms with Gasteiger partial charge < -0.3 is 10.4 Å². The van der Waals surface area contributed by atoms with E-state index in [-0.39, 0.29) is 5.75 Å². The van der Waals surface area contributed by atoms with Gasteiger partial charge in [0.1, 0.15) is 11.8 Å². The van der Waals surface area contributed by atoms with Crippen LogP contribution in [0.2, 0.25) is 0 Å². The Morgan fingerprint density at radius 3 is 2.60 bits per heavy atom. The first-order valence-electron chi connectivity index (χ1n) is 5.66. The number of nitrogens with one attached hydrogen (secondary N) is 1. The van der Waals surface area contributed by atoms with E-state index >= 15 is 0 Å². The molecule has 0 aliphatic carbocycles. The Hall–Kier alpha value is -1.41. The van der Waals surface area contributed by atoms with Crippen molar-refractivity contribution >= 4 is 37.6 Å². The van der Waals surface area contributed by atoms with Gasteiger partial charge in [0.15, 0.2) is 9.84 Å². The summed E-state index contributed by atoms with van der Waals surface area (Å²) < 4.78 is 24.4. The van der Waals surface area contributed by atoms with Crippen LogP contribution in [0, 0.1) is 0 Å². The number of benzene rings is 1. The minimum absolute atomic E-state index is 0.276. The second-order valence-electron chi connectivity index (χ2n) is 4.29. The van der Waals surface area contributed by atoms with Crippen molar-refractivity contribution in [3.63, 3.8) is 0 Å². The van der Waals surface area contributed by atoms with Crippen LogP contribution in [0.3, 0.4) is 0 Å². The Bertz CT molecular complexity index is 614. The maximum atomic E-state index is 11.8. The molecule has 6 nitrogen and oxygen atoms in total. The van der Waals surface area contributed by atoms with Crippen molar-refractivity contribution in [3.8, 4) is 0 Å². The Morgan fingerprint density at radius 2 is 2.05 bits per heavy atom. The first kappa shape index (κ1) is 16.6. The van der Waals surface area contributed by atoms with Gasteiger partial charge in [0.05, 0.1) is 5.75 Å². The minimum atomic E-state index is -3.65. The fourth-order valence-corrected chi connectivity index (χ4v) is 3.20. The molecular formula is C12H14BrNO5S. The van der Waals surface area contributed by atoms with Crippen molar-refractivity contribution in [1.29, 1.82) is 0 Å². The monoisotopic (exact) mass is 363 g/mol. The highest BCUT2D eigenvalue weighted by Crippen LogP contribution is 2.14. The number of carbonyl (C=O) groups excluding carboxylic acids is 1. The number of rotatable bonds is 6. The van der Waals surface area contributed by atoms with Crippen molar-refractivity contribution < 1.29 is 23.1 Å². The zero-order valence-electron chi connectivity index (χ0n) is 10.7. The molecule has 0 aliphatic heterocycles. The van der Waals surface area contributed by atoms with Crippen molar-refractivity contribution in [2.75, 3.05) is 5.75 Å². The van der Waals surface area contributed by atoms with Gasteiger partial charge in [-0.1, -0.05) is 28.1 Å². The predicted molar refractivity (Wildman–Crippen MR) is 76.9 cm³/mol. The summed E-state index contributed by atoms with van der Waals surface area (Å²) in [7, 11) is -3.65. The molecule has 0 radical (unpaired) electrons. The quantitative estimate of drug-likeness (QED) is 0.783. The van der Waals surface area contributed by atoms with Crippen LogP contribution in [0.1, 0.15) is 12.5 Å². The summed E-state index contributed by atoms with van der Waals surface area (Å²) in [4.78, 5) is 22.0. The number of carboxylic acid groups (broad SMARTS) is 1. The number of amides is 1. The van der Waals surface area contributed by atoms with Crippen LogP contribution in [-0.4, -0.2) is 37.2 Å². The molecule has 0 aliphatic rings. The van der Waals surface area contributed by atoms with Crippen LogP contribution < -0.4 is 5.32 Å². The lowest BCUT2D eigenvalue weighted by molar-refractivity contribution is -0.140. The van der Waals surface area contributed by atoms with E-state index in [4.69, 9.17) is 5.11 Å². The van der Waals surface area contributed by atoms with E-state index in [1.54, 1.807) is 24.3 Å². The topological polar surface area (TPSA) is 101 Å². The molecule has 0 saturated carbocycles. The van der Waals surface area contributed by atoms with Crippen LogP contribution in [0.15, 0.2) is 28.7 Å². The maximum absolute atomic E-state index is 11.8. The minimum Gasteiger partial charge on any atom is -0.480 e. The molecule has 0 fully saturated rings. The van der Waals surface area contributed by atoms with E-state index in [9.17, 15) is 18.0 Å². The Labute approximate surface area is 125 Å². The van der Waals surface area contributed by atoms with Gasteiger partial charge in [0, 0.05) is 4.47 Å². The van der Waals surface area contributed by atoms with Crippen molar-refractivity contribution in [1.82, 2.24) is 5.32 Å². The number of aliphatic carboxylic acids is 1. The Balaban J connectivity index is 2.66. The highest BCUT2D eigenvalue weighted by molar-refractivity contribution is 9.10. The number of carboxylic acids is 1. The maximum Gasteiger partial charge on any atom is 0.325 e. The van der Waals surface area contributed by atoms with E-state index in [0.29, 0.717) is 5.56 Å². The number of sulfone groups is 1. The fourth-order valence-electron chi connectivity index (χ4n) is 1.48. The molecule has 110 valence electrons. The summed E-state index contributed by atoms with van der Waals surface area (Å²) in [6, 6.07) is 5.62. The lowest BCUT2D eigenvalue weighted by Crippen LogP contribution is -2.41. The first-order chi connectivity index (χ1) is 9.19. The standard InChI is InChI=1S/C12H14BrNO5S/c1-8(12(16)17)14-11(15)7-20(18,19)6-9-3-2-4-10(13)5-9/h2-5,8H,6-7H2,1H3,(H,14,15)(H,16,17). The molecule has 2 N–H and O–H groups in total. The van der Waals surface area contributed by atoms with Crippen LogP contribution in [0.25, 0.3) is 0 Å². The summed E-state index contributed by atoms with van der Waals surface area (Å²) in [5.41, 5.74) is 0.554. The van der Waals surface area contributed by atoms with Crippen LogP contribution in [0.4, 0.5) is 0 Å². The molecule has 0 bridgehead atoms. The van der Waals surface area contributed by atoms with Gasteiger partial charge in [-0.15, -0.1) is 0 Å². The highest BCUT2D eigenvalue weighted by Gasteiger charge is 2.20. The van der Waals surface area contributed by atoms with Crippen molar-refractivity contribution in [3.05, 3.63) is 34.3 Å². The summed E-state index contributed by atoms with van der Waals surface area (Å²) in [5, 5.41) is 10.7. The van der Waals surface area contributed by atoms with Crippen LogP contribution in [0.5, 0.6) is 0 Å². The van der Waals surface area contributed by atoms with E-state index < -0.39 is 33.5 Å². The molecule has 0 saturated heterocycles. The third kappa shape index (κ3) is 5.70. The van der Waals surface area contributed by atoms with Crippen LogP contribution in [-0.2, 0) is 25.2 Å². The molecule has 20 heavy (non-hydrogen) atoms. The molecule has 1 amide bonds. The van der Waals surface area contributed by atoms with E-state index in [0.717, 1.165) is 4.47 Å². The smallest absolute Gasteiger partial charge is 0.325 e. The summed E-state index contributed by atoms with van der Waals surface area (Å²) in [6.45, 7) is 1.27. The number of hydrogen-bond acceptors (Lipinski definition) is 4. The second kappa shape index (κ2) is 6.85. The molecule has 0 aromatic heterocycles. The molecular weight excluding hydrogens is 350 g/mol. The molecule has 1 aromatic rings. The molecule has 1 rings (SSSR count). The molecule has 1 aromatic carbocycles. The molecule has 0 heterocycles. The Kier molecular flexibility index (Phi) is 5.70. The SMILES string of the molecule is CC(NC(=O)CS(=O)(=O)Cc1cccc(Br)c1)C(=O)O. The van der Waals surface area contributed by atoms with Crippen molar-refractivity contribution in [2.24, 2.45) is 0 Å².